The summed E-state index contributed by atoms with van der Waals surface area (Å²) >= 11 is 0. The van der Waals surface area contributed by atoms with E-state index in [-0.39, 0.29) is 0 Å². The van der Waals surface area contributed by atoms with Crippen LogP contribution in [0.3, 0.4) is 0 Å². The number of aliphatic hydroxyl groups is 1. The SMILES string of the molecule is COC(=O)[C@@](O)(C1=CN=C2C=CC=C[C@H]12)C(F)(F)F. The molecule has 2 aliphatic rings. The molecule has 2 rings (SSSR count). The molecule has 19 heavy (non-hydrogen) atoms. The first-order valence-corrected chi connectivity index (χ1v) is 5.33. The van der Waals surface area contributed by atoms with Crippen LogP contribution in [-0.4, -0.2) is 35.7 Å². The Kier molecular flexibility index (Phi) is 3.09. The van der Waals surface area contributed by atoms with Crippen molar-refractivity contribution < 1.29 is 27.8 Å². The highest BCUT2D eigenvalue weighted by atomic mass is 19.4. The number of hydrogen-bond acceptors (Lipinski definition) is 4. The molecule has 4 nitrogen and oxygen atoms in total. The molecule has 0 unspecified atom stereocenters. The number of hydrogen-bond donors (Lipinski definition) is 1. The third-order valence-electron chi connectivity index (χ3n) is 3.00. The molecular formula is C12H10F3NO3. The number of ether oxygens (including phenoxy) is 1. The highest BCUT2D eigenvalue weighted by Gasteiger charge is 2.65. The molecule has 0 amide bonds. The molecule has 2 atom stereocenters. The van der Waals surface area contributed by atoms with E-state index >= 15 is 0 Å². The summed E-state index contributed by atoms with van der Waals surface area (Å²) in [5.74, 6) is -2.65. The van der Waals surface area contributed by atoms with Crippen molar-refractivity contribution in [3.05, 3.63) is 36.1 Å². The van der Waals surface area contributed by atoms with Gasteiger partial charge < -0.3 is 9.84 Å². The molecule has 0 bridgehead atoms. The maximum absolute atomic E-state index is 13.1. The smallest absolute Gasteiger partial charge is 0.432 e. The summed E-state index contributed by atoms with van der Waals surface area (Å²) in [6.45, 7) is 0. The summed E-state index contributed by atoms with van der Waals surface area (Å²) in [7, 11) is 0.785. The molecule has 0 radical (unpaired) electrons. The lowest BCUT2D eigenvalue weighted by Crippen LogP contribution is -2.55. The number of aliphatic imine (C=N–C) groups is 1. The van der Waals surface area contributed by atoms with Crippen LogP contribution in [0.5, 0.6) is 0 Å². The van der Waals surface area contributed by atoms with Crippen LogP contribution < -0.4 is 0 Å². The van der Waals surface area contributed by atoms with E-state index in [1.54, 1.807) is 6.08 Å². The van der Waals surface area contributed by atoms with E-state index in [0.717, 1.165) is 13.3 Å². The molecule has 0 saturated heterocycles. The molecule has 0 spiro atoms. The van der Waals surface area contributed by atoms with Crippen LogP contribution in [0.1, 0.15) is 0 Å². The Bertz CT molecular complexity index is 531. The van der Waals surface area contributed by atoms with E-state index in [1.165, 1.54) is 18.2 Å². The van der Waals surface area contributed by atoms with E-state index in [2.05, 4.69) is 9.73 Å². The molecular weight excluding hydrogens is 263 g/mol. The van der Waals surface area contributed by atoms with Gasteiger partial charge in [-0.3, -0.25) is 4.99 Å². The van der Waals surface area contributed by atoms with E-state index in [9.17, 15) is 23.1 Å². The van der Waals surface area contributed by atoms with Gasteiger partial charge in [-0.05, 0) is 6.08 Å². The van der Waals surface area contributed by atoms with Crippen LogP contribution in [0.25, 0.3) is 0 Å². The number of rotatable bonds is 2. The van der Waals surface area contributed by atoms with E-state index < -0.39 is 29.2 Å². The number of halogens is 3. The molecule has 1 aliphatic heterocycles. The maximum Gasteiger partial charge on any atom is 0.432 e. The summed E-state index contributed by atoms with van der Waals surface area (Å²) in [4.78, 5) is 15.2. The van der Waals surface area contributed by atoms with E-state index in [1.807, 2.05) is 0 Å². The Labute approximate surface area is 106 Å². The van der Waals surface area contributed by atoms with E-state index in [0.29, 0.717) is 5.71 Å². The molecule has 0 fully saturated rings. The zero-order valence-corrected chi connectivity index (χ0v) is 9.81. The molecule has 1 heterocycles. The van der Waals surface area contributed by atoms with Gasteiger partial charge in [0.1, 0.15) is 0 Å². The summed E-state index contributed by atoms with van der Waals surface area (Å²) in [5, 5.41) is 9.86. The third-order valence-corrected chi connectivity index (χ3v) is 3.00. The van der Waals surface area contributed by atoms with Crippen LogP contribution in [0.2, 0.25) is 0 Å². The Morgan fingerprint density at radius 1 is 1.42 bits per heavy atom. The van der Waals surface area contributed by atoms with Gasteiger partial charge in [0.25, 0.3) is 5.60 Å². The lowest BCUT2D eigenvalue weighted by molar-refractivity contribution is -0.249. The number of fused-ring (bicyclic) bond motifs is 1. The van der Waals surface area contributed by atoms with Crippen molar-refractivity contribution in [2.24, 2.45) is 10.9 Å². The van der Waals surface area contributed by atoms with Crippen molar-refractivity contribution in [1.29, 1.82) is 0 Å². The van der Waals surface area contributed by atoms with Gasteiger partial charge in [0.2, 0.25) is 0 Å². The minimum Gasteiger partial charge on any atom is -0.466 e. The highest BCUT2D eigenvalue weighted by Crippen LogP contribution is 2.43. The second-order valence-electron chi connectivity index (χ2n) is 4.06. The number of nitrogens with zero attached hydrogens (tertiary/aromatic N) is 1. The van der Waals surface area contributed by atoms with Crippen LogP contribution in [0.15, 0.2) is 41.1 Å². The Hall–Kier alpha value is -1.89. The molecule has 0 saturated carbocycles. The van der Waals surface area contributed by atoms with Gasteiger partial charge in [-0.2, -0.15) is 13.2 Å². The third kappa shape index (κ3) is 1.90. The van der Waals surface area contributed by atoms with Crippen molar-refractivity contribution in [2.75, 3.05) is 7.11 Å². The van der Waals surface area contributed by atoms with Crippen molar-refractivity contribution in [3.8, 4) is 0 Å². The van der Waals surface area contributed by atoms with E-state index in [4.69, 9.17) is 0 Å². The lowest BCUT2D eigenvalue weighted by atomic mass is 9.81. The lowest BCUT2D eigenvalue weighted by Gasteiger charge is -2.31. The fourth-order valence-corrected chi connectivity index (χ4v) is 2.01. The molecule has 7 heteroatoms. The Morgan fingerprint density at radius 2 is 2.11 bits per heavy atom. The van der Waals surface area contributed by atoms with Gasteiger partial charge in [0, 0.05) is 17.7 Å². The topological polar surface area (TPSA) is 58.9 Å². The van der Waals surface area contributed by atoms with Gasteiger partial charge in [0.15, 0.2) is 0 Å². The van der Waals surface area contributed by atoms with Gasteiger partial charge in [-0.15, -0.1) is 0 Å². The summed E-state index contributed by atoms with van der Waals surface area (Å²) in [5.41, 5.74) is -3.90. The summed E-state index contributed by atoms with van der Waals surface area (Å²) in [6.07, 6.45) is 1.75. The Morgan fingerprint density at radius 3 is 2.68 bits per heavy atom. The summed E-state index contributed by atoms with van der Waals surface area (Å²) < 4.78 is 43.3. The zero-order valence-electron chi connectivity index (χ0n) is 9.81. The quantitative estimate of drug-likeness (QED) is 0.776. The number of methoxy groups -OCH3 is 1. The number of esters is 1. The summed E-state index contributed by atoms with van der Waals surface area (Å²) in [6, 6.07) is 0. The van der Waals surface area contributed by atoms with Crippen molar-refractivity contribution in [2.45, 2.75) is 11.8 Å². The number of carbonyl (C=O) groups excluding carboxylic acids is 1. The number of allylic oxidation sites excluding steroid dienone is 4. The van der Waals surface area contributed by atoms with Crippen molar-refractivity contribution in [3.63, 3.8) is 0 Å². The van der Waals surface area contributed by atoms with Crippen molar-refractivity contribution >= 4 is 11.7 Å². The van der Waals surface area contributed by atoms with Crippen molar-refractivity contribution in [1.82, 2.24) is 0 Å². The first-order chi connectivity index (χ1) is 8.82. The minimum atomic E-state index is -5.19. The van der Waals surface area contributed by atoms with Gasteiger partial charge in [0.05, 0.1) is 12.8 Å². The molecule has 0 aromatic carbocycles. The molecule has 1 N–H and O–H groups in total. The number of alkyl halides is 3. The Balaban J connectivity index is 2.46. The van der Waals surface area contributed by atoms with Gasteiger partial charge in [-0.1, -0.05) is 18.2 Å². The van der Waals surface area contributed by atoms with Crippen LogP contribution in [-0.2, 0) is 9.53 Å². The largest absolute Gasteiger partial charge is 0.466 e. The maximum atomic E-state index is 13.1. The van der Waals surface area contributed by atoms with Crippen LogP contribution in [0, 0.1) is 5.92 Å². The average Bonchev–Trinajstić information content (AvgIpc) is 2.79. The predicted molar refractivity (Wildman–Crippen MR) is 60.3 cm³/mol. The zero-order chi connectivity index (χ0) is 14.3. The monoisotopic (exact) mass is 273 g/mol. The molecule has 0 aromatic heterocycles. The fourth-order valence-electron chi connectivity index (χ4n) is 2.01. The van der Waals surface area contributed by atoms with Gasteiger partial charge in [-0.25, -0.2) is 4.79 Å². The first kappa shape index (κ1) is 13.5. The second kappa shape index (κ2) is 4.34. The predicted octanol–water partition coefficient (Wildman–Crippen LogP) is 1.53. The van der Waals surface area contributed by atoms with Crippen LogP contribution in [0.4, 0.5) is 13.2 Å². The molecule has 1 aliphatic carbocycles. The highest BCUT2D eigenvalue weighted by molar-refractivity contribution is 6.05. The van der Waals surface area contributed by atoms with Gasteiger partial charge >= 0.3 is 12.1 Å². The van der Waals surface area contributed by atoms with Crippen LogP contribution >= 0.6 is 0 Å². The normalized spacial score (nSPS) is 24.4. The standard InChI is InChI=1S/C12H10F3NO3/c1-19-10(17)11(18,12(13,14)15)8-6-16-9-5-3-2-4-7(8)9/h2-7,18H,1H3/t7-,11+/m1/s1. The fraction of sp³-hybridized carbons (Fsp3) is 0.333. The molecule has 102 valence electrons. The second-order valence-corrected chi connectivity index (χ2v) is 4.06. The average molecular weight is 273 g/mol. The number of carbonyl (C=O) groups is 1. The minimum absolute atomic E-state index is 0.337. The molecule has 0 aromatic rings. The first-order valence-electron chi connectivity index (χ1n) is 5.33.